The molecule has 2 aromatic rings. The van der Waals surface area contributed by atoms with E-state index >= 15 is 0 Å². The molecule has 2 heterocycles. The number of halogens is 3. The van der Waals surface area contributed by atoms with Crippen LogP contribution in [-0.2, 0) is 19.6 Å². The number of hydrogen-bond acceptors (Lipinski definition) is 6. The van der Waals surface area contributed by atoms with Crippen molar-refractivity contribution in [3.05, 3.63) is 54.6 Å². The van der Waals surface area contributed by atoms with Gasteiger partial charge < -0.3 is 14.2 Å². The van der Waals surface area contributed by atoms with Crippen molar-refractivity contribution in [1.82, 2.24) is 0 Å². The average molecular weight is 620 g/mol. The molecule has 3 unspecified atom stereocenters. The van der Waals surface area contributed by atoms with Crippen molar-refractivity contribution in [3.8, 4) is 11.5 Å². The van der Waals surface area contributed by atoms with Crippen molar-refractivity contribution in [2.75, 3.05) is 14.4 Å². The number of carbonyl (C=O) groups excluding carboxylic acids is 1. The first-order valence-electron chi connectivity index (χ1n) is 10.8. The molecule has 2 aromatic carbocycles. The summed E-state index contributed by atoms with van der Waals surface area (Å²) in [5, 5.41) is 0. The smallest absolute Gasteiger partial charge is 0.394 e. The van der Waals surface area contributed by atoms with Crippen molar-refractivity contribution in [3.63, 3.8) is 0 Å². The predicted molar refractivity (Wildman–Crippen MR) is 134 cm³/mol. The Morgan fingerprint density at radius 3 is 2.66 bits per heavy atom. The van der Waals surface area contributed by atoms with E-state index in [0.29, 0.717) is 19.0 Å². The molecule has 0 saturated carbocycles. The molecule has 2 aliphatic rings. The van der Waals surface area contributed by atoms with Crippen LogP contribution in [0.2, 0.25) is 0 Å². The zero-order chi connectivity index (χ0) is 25.4. The first-order valence-corrected chi connectivity index (χ1v) is 13.2. The van der Waals surface area contributed by atoms with Crippen LogP contribution in [0.5, 0.6) is 11.5 Å². The minimum Gasteiger partial charge on any atom is -0.492 e. The fraction of sp³-hybridized carbons (Fsp3) is 0.348. The molecule has 8 nitrogen and oxygen atoms in total. The predicted octanol–water partition coefficient (Wildman–Crippen LogP) is 4.90. The summed E-state index contributed by atoms with van der Waals surface area (Å²) in [6, 6.07) is 9.55. The molecule has 4 rings (SSSR count). The molecule has 35 heavy (non-hydrogen) atoms. The minimum absolute atomic E-state index is 0.0355. The molecule has 0 radical (unpaired) electrons. The van der Waals surface area contributed by atoms with E-state index in [1.165, 1.54) is 39.5 Å². The SMILES string of the molecule is CCOc1cc(N(I)C(=O)C2CC3C=CC2O3)ccc1S(=O)(=O)Nc1cccc(OC(C)(F)F)c1. The Morgan fingerprint density at radius 1 is 1.26 bits per heavy atom. The highest BCUT2D eigenvalue weighted by atomic mass is 127. The van der Waals surface area contributed by atoms with Crippen molar-refractivity contribution < 1.29 is 36.2 Å². The highest BCUT2D eigenvalue weighted by Crippen LogP contribution is 2.38. The number of hydrogen-bond donors (Lipinski definition) is 1. The number of nitrogens with one attached hydrogen (secondary N) is 1. The highest BCUT2D eigenvalue weighted by molar-refractivity contribution is 14.1. The first-order chi connectivity index (χ1) is 16.5. The van der Waals surface area contributed by atoms with Crippen LogP contribution < -0.4 is 17.3 Å². The van der Waals surface area contributed by atoms with E-state index in [0.717, 1.165) is 6.07 Å². The summed E-state index contributed by atoms with van der Waals surface area (Å²) >= 11 is 1.88. The lowest BCUT2D eigenvalue weighted by Crippen LogP contribution is -2.33. The van der Waals surface area contributed by atoms with Gasteiger partial charge in [0.2, 0.25) is 5.91 Å². The zero-order valence-corrected chi connectivity index (χ0v) is 21.8. The maximum absolute atomic E-state index is 13.2. The topological polar surface area (TPSA) is 94.2 Å². The second-order valence-electron chi connectivity index (χ2n) is 8.09. The van der Waals surface area contributed by atoms with Gasteiger partial charge in [0.05, 0.1) is 59.0 Å². The number of benzene rings is 2. The summed E-state index contributed by atoms with van der Waals surface area (Å²) in [5.41, 5.74) is 0.485. The van der Waals surface area contributed by atoms with Crippen molar-refractivity contribution >= 4 is 50.2 Å². The van der Waals surface area contributed by atoms with E-state index in [9.17, 15) is 22.0 Å². The summed E-state index contributed by atoms with van der Waals surface area (Å²) in [6.45, 7) is 2.47. The summed E-state index contributed by atoms with van der Waals surface area (Å²) < 4.78 is 72.1. The van der Waals surface area contributed by atoms with Crippen molar-refractivity contribution in [2.45, 2.75) is 43.5 Å². The van der Waals surface area contributed by atoms with Gasteiger partial charge >= 0.3 is 6.11 Å². The highest BCUT2D eigenvalue weighted by Gasteiger charge is 2.43. The molecular weight excluding hydrogens is 597 g/mol. The molecule has 0 aliphatic carbocycles. The molecule has 2 aliphatic heterocycles. The molecule has 188 valence electrons. The maximum Gasteiger partial charge on any atom is 0.394 e. The molecule has 1 amide bonds. The molecular formula is C23H23F2IN2O6S. The van der Waals surface area contributed by atoms with Gasteiger partial charge in [-0.25, -0.2) is 8.42 Å². The van der Waals surface area contributed by atoms with Crippen molar-refractivity contribution in [1.29, 1.82) is 0 Å². The molecule has 0 spiro atoms. The molecule has 12 heteroatoms. The normalized spacial score (nSPS) is 21.1. The molecule has 2 bridgehead atoms. The minimum atomic E-state index is -4.17. The number of amides is 1. The third-order valence-corrected chi connectivity index (χ3v) is 7.82. The van der Waals surface area contributed by atoms with E-state index in [4.69, 9.17) is 9.47 Å². The second kappa shape index (κ2) is 9.90. The van der Waals surface area contributed by atoms with Crippen LogP contribution in [0.15, 0.2) is 59.5 Å². The van der Waals surface area contributed by atoms with Gasteiger partial charge in [0.25, 0.3) is 10.0 Å². The van der Waals surface area contributed by atoms with Crippen LogP contribution in [0.3, 0.4) is 0 Å². The maximum atomic E-state index is 13.2. The number of nitrogens with zero attached hydrogens (tertiary/aromatic N) is 1. The summed E-state index contributed by atoms with van der Waals surface area (Å²) in [7, 11) is -4.17. The Hall–Kier alpha value is -2.45. The molecule has 0 aromatic heterocycles. The van der Waals surface area contributed by atoms with Crippen LogP contribution >= 0.6 is 22.9 Å². The number of fused-ring (bicyclic) bond motifs is 2. The van der Waals surface area contributed by atoms with E-state index in [1.54, 1.807) is 6.92 Å². The number of ether oxygens (including phenoxy) is 3. The van der Waals surface area contributed by atoms with Crippen LogP contribution in [0.1, 0.15) is 20.3 Å². The van der Waals surface area contributed by atoms with Gasteiger partial charge in [0.15, 0.2) is 0 Å². The Morgan fingerprint density at radius 2 is 2.03 bits per heavy atom. The van der Waals surface area contributed by atoms with E-state index < -0.39 is 16.1 Å². The fourth-order valence-electron chi connectivity index (χ4n) is 3.94. The van der Waals surface area contributed by atoms with Gasteiger partial charge in [-0.3, -0.25) is 12.6 Å². The van der Waals surface area contributed by atoms with Crippen LogP contribution in [0, 0.1) is 5.92 Å². The standard InChI is InChI=1S/C23H23F2IN2O6S/c1-3-32-20-12-15(28(26)22(29)18-13-16-8-9-19(18)33-16)7-10-21(20)35(30,31)27-14-5-4-6-17(11-14)34-23(2,24)25/h4-12,16,18-19,27H,3,13H2,1-2H3. The Kier molecular flexibility index (Phi) is 7.25. The van der Waals surface area contributed by atoms with Gasteiger partial charge in [0.1, 0.15) is 16.4 Å². The number of rotatable bonds is 9. The zero-order valence-electron chi connectivity index (χ0n) is 18.8. The lowest BCUT2D eigenvalue weighted by Gasteiger charge is -2.22. The summed E-state index contributed by atoms with van der Waals surface area (Å²) in [4.78, 5) is 12.9. The summed E-state index contributed by atoms with van der Waals surface area (Å²) in [5.74, 6) is -0.615. The van der Waals surface area contributed by atoms with Gasteiger partial charge in [-0.15, -0.1) is 0 Å². The molecule has 1 N–H and O–H groups in total. The lowest BCUT2D eigenvalue weighted by atomic mass is 9.93. The number of sulfonamides is 1. The molecule has 1 saturated heterocycles. The Balaban J connectivity index is 1.57. The number of anilines is 2. The van der Waals surface area contributed by atoms with Gasteiger partial charge in [-0.1, -0.05) is 18.2 Å². The van der Waals surface area contributed by atoms with E-state index in [-0.39, 0.29) is 52.7 Å². The Bertz CT molecular complexity index is 1250. The van der Waals surface area contributed by atoms with Gasteiger partial charge in [-0.2, -0.15) is 8.78 Å². The quantitative estimate of drug-likeness (QED) is 0.244. The van der Waals surface area contributed by atoms with Crippen LogP contribution in [0.4, 0.5) is 20.2 Å². The fourth-order valence-corrected chi connectivity index (χ4v) is 5.77. The summed E-state index contributed by atoms with van der Waals surface area (Å²) in [6.07, 6.45) is 0.702. The van der Waals surface area contributed by atoms with Gasteiger partial charge in [-0.05, 0) is 37.6 Å². The Labute approximate surface area is 215 Å². The molecule has 3 atom stereocenters. The number of carbonyl (C=O) groups is 1. The van der Waals surface area contributed by atoms with Gasteiger partial charge in [0, 0.05) is 19.1 Å². The third-order valence-electron chi connectivity index (χ3n) is 5.37. The third kappa shape index (κ3) is 5.86. The molecule has 1 fully saturated rings. The van der Waals surface area contributed by atoms with E-state index in [1.807, 2.05) is 35.0 Å². The average Bonchev–Trinajstić information content (AvgIpc) is 3.41. The second-order valence-corrected chi connectivity index (χ2v) is 10.7. The number of alkyl halides is 2. The van der Waals surface area contributed by atoms with Crippen molar-refractivity contribution in [2.24, 2.45) is 5.92 Å². The van der Waals surface area contributed by atoms with Crippen LogP contribution in [-0.4, -0.2) is 39.2 Å². The largest absolute Gasteiger partial charge is 0.492 e. The van der Waals surface area contributed by atoms with E-state index in [2.05, 4.69) is 9.46 Å². The van der Waals surface area contributed by atoms with Crippen LogP contribution in [0.25, 0.3) is 0 Å². The monoisotopic (exact) mass is 620 g/mol. The lowest BCUT2D eigenvalue weighted by molar-refractivity contribution is -0.158. The first kappa shape index (κ1) is 25.6.